The molecule has 1 N–H and O–H groups in total. The smallest absolute Gasteiger partial charge is 0.243 e. The van der Waals surface area contributed by atoms with E-state index in [1.807, 2.05) is 13.8 Å². The SMILES string of the molecule is CC(C)c1n[nH]c([C@H]2CN(C(=O)C3(C#N)CCCC3)CCO2)n1. The molecule has 1 saturated heterocycles. The molecular formula is C16H23N5O2. The van der Waals surface area contributed by atoms with Crippen molar-refractivity contribution in [2.24, 2.45) is 5.41 Å². The Kier molecular flexibility index (Phi) is 4.35. The summed E-state index contributed by atoms with van der Waals surface area (Å²) in [6, 6.07) is 2.28. The van der Waals surface area contributed by atoms with E-state index in [1.165, 1.54) is 0 Å². The molecule has 1 atom stereocenters. The lowest BCUT2D eigenvalue weighted by Gasteiger charge is -2.35. The van der Waals surface area contributed by atoms with Crippen molar-refractivity contribution in [1.29, 1.82) is 5.26 Å². The number of H-pyrrole nitrogens is 1. The topological polar surface area (TPSA) is 94.9 Å². The first kappa shape index (κ1) is 15.9. The van der Waals surface area contributed by atoms with Crippen molar-refractivity contribution in [1.82, 2.24) is 20.1 Å². The number of hydrogen-bond donors (Lipinski definition) is 1. The van der Waals surface area contributed by atoms with Gasteiger partial charge < -0.3 is 9.64 Å². The van der Waals surface area contributed by atoms with E-state index < -0.39 is 5.41 Å². The zero-order valence-electron chi connectivity index (χ0n) is 13.7. The lowest BCUT2D eigenvalue weighted by Crippen LogP contribution is -2.48. The van der Waals surface area contributed by atoms with Crippen LogP contribution in [-0.4, -0.2) is 45.7 Å². The average Bonchev–Trinajstić information content (AvgIpc) is 3.24. The van der Waals surface area contributed by atoms with E-state index in [4.69, 9.17) is 4.74 Å². The molecule has 0 aromatic carbocycles. The van der Waals surface area contributed by atoms with Crippen LogP contribution in [0.4, 0.5) is 0 Å². The minimum Gasteiger partial charge on any atom is -0.367 e. The standard InChI is InChI=1S/C16H23N5O2/c1-11(2)13-18-14(20-19-13)12-9-21(7-8-23-12)15(22)16(10-17)5-3-4-6-16/h11-12H,3-9H2,1-2H3,(H,18,19,20)/t12-/m1/s1. The van der Waals surface area contributed by atoms with Gasteiger partial charge in [-0.25, -0.2) is 4.98 Å². The third kappa shape index (κ3) is 2.95. The monoisotopic (exact) mass is 317 g/mol. The number of carbonyl (C=O) groups is 1. The van der Waals surface area contributed by atoms with Crippen molar-refractivity contribution in [3.05, 3.63) is 11.6 Å². The fourth-order valence-electron chi connectivity index (χ4n) is 3.34. The molecule has 0 spiro atoms. The van der Waals surface area contributed by atoms with Crippen LogP contribution in [0.1, 0.15) is 63.2 Å². The minimum absolute atomic E-state index is 0.0469. The Hall–Kier alpha value is -1.94. The number of nitrogens with one attached hydrogen (secondary N) is 1. The van der Waals surface area contributed by atoms with Gasteiger partial charge in [-0.3, -0.25) is 9.89 Å². The number of aromatic amines is 1. The minimum atomic E-state index is -0.827. The van der Waals surface area contributed by atoms with Gasteiger partial charge in [0.2, 0.25) is 5.91 Å². The molecule has 1 aliphatic carbocycles. The summed E-state index contributed by atoms with van der Waals surface area (Å²) in [5.74, 6) is 1.59. The normalized spacial score (nSPS) is 23.9. The Balaban J connectivity index is 1.73. The summed E-state index contributed by atoms with van der Waals surface area (Å²) in [6.07, 6.45) is 2.94. The predicted molar refractivity (Wildman–Crippen MR) is 82.3 cm³/mol. The second-order valence-corrected chi connectivity index (χ2v) is 6.75. The molecule has 2 heterocycles. The maximum atomic E-state index is 12.8. The zero-order chi connectivity index (χ0) is 16.4. The predicted octanol–water partition coefficient (Wildman–Crippen LogP) is 1.91. The van der Waals surface area contributed by atoms with Crippen molar-refractivity contribution in [3.8, 4) is 6.07 Å². The van der Waals surface area contributed by atoms with Crippen LogP contribution in [0.2, 0.25) is 0 Å². The number of rotatable bonds is 3. The third-order valence-electron chi connectivity index (χ3n) is 4.78. The van der Waals surface area contributed by atoms with Crippen LogP contribution >= 0.6 is 0 Å². The number of ether oxygens (including phenoxy) is 1. The van der Waals surface area contributed by atoms with Crippen LogP contribution in [0.5, 0.6) is 0 Å². The Bertz CT molecular complexity index is 612. The second-order valence-electron chi connectivity index (χ2n) is 6.75. The molecule has 7 nitrogen and oxygen atoms in total. The highest BCUT2D eigenvalue weighted by molar-refractivity contribution is 5.86. The lowest BCUT2D eigenvalue weighted by atomic mass is 9.86. The van der Waals surface area contributed by atoms with Crippen molar-refractivity contribution in [2.45, 2.75) is 51.6 Å². The van der Waals surface area contributed by atoms with Gasteiger partial charge in [0, 0.05) is 12.5 Å². The van der Waals surface area contributed by atoms with Crippen molar-refractivity contribution in [3.63, 3.8) is 0 Å². The van der Waals surface area contributed by atoms with Gasteiger partial charge in [0.1, 0.15) is 11.5 Å². The van der Waals surface area contributed by atoms with Crippen molar-refractivity contribution >= 4 is 5.91 Å². The van der Waals surface area contributed by atoms with E-state index in [-0.39, 0.29) is 17.9 Å². The molecule has 2 fully saturated rings. The fraction of sp³-hybridized carbons (Fsp3) is 0.750. The lowest BCUT2D eigenvalue weighted by molar-refractivity contribution is -0.147. The van der Waals surface area contributed by atoms with Gasteiger partial charge in [-0.2, -0.15) is 10.4 Å². The fourth-order valence-corrected chi connectivity index (χ4v) is 3.34. The van der Waals surface area contributed by atoms with Gasteiger partial charge >= 0.3 is 0 Å². The summed E-state index contributed by atoms with van der Waals surface area (Å²) in [4.78, 5) is 19.1. The summed E-state index contributed by atoms with van der Waals surface area (Å²) in [5, 5.41) is 16.6. The van der Waals surface area contributed by atoms with Gasteiger partial charge in [-0.1, -0.05) is 26.7 Å². The number of amides is 1. The molecular weight excluding hydrogens is 294 g/mol. The molecule has 1 aromatic rings. The van der Waals surface area contributed by atoms with E-state index in [9.17, 15) is 10.1 Å². The third-order valence-corrected chi connectivity index (χ3v) is 4.78. The van der Waals surface area contributed by atoms with Crippen LogP contribution in [-0.2, 0) is 9.53 Å². The summed E-state index contributed by atoms with van der Waals surface area (Å²) >= 11 is 0. The molecule has 1 saturated carbocycles. The van der Waals surface area contributed by atoms with Crippen molar-refractivity contribution < 1.29 is 9.53 Å². The molecule has 7 heteroatoms. The molecule has 23 heavy (non-hydrogen) atoms. The van der Waals surface area contributed by atoms with Gasteiger partial charge in [-0.15, -0.1) is 0 Å². The highest BCUT2D eigenvalue weighted by atomic mass is 16.5. The Labute approximate surface area is 136 Å². The van der Waals surface area contributed by atoms with Crippen LogP contribution in [0.25, 0.3) is 0 Å². The average molecular weight is 317 g/mol. The number of morpholine rings is 1. The van der Waals surface area contributed by atoms with Gasteiger partial charge in [0.25, 0.3) is 0 Å². The highest BCUT2D eigenvalue weighted by Gasteiger charge is 2.45. The molecule has 2 aliphatic rings. The van der Waals surface area contributed by atoms with E-state index in [0.717, 1.165) is 18.7 Å². The molecule has 0 unspecified atom stereocenters. The Morgan fingerprint density at radius 1 is 1.48 bits per heavy atom. The molecule has 1 amide bonds. The number of carbonyl (C=O) groups excluding carboxylic acids is 1. The van der Waals surface area contributed by atoms with Gasteiger partial charge in [0.15, 0.2) is 11.6 Å². The molecule has 0 radical (unpaired) electrons. The van der Waals surface area contributed by atoms with Crippen LogP contribution < -0.4 is 0 Å². The number of hydrogen-bond acceptors (Lipinski definition) is 5. The van der Waals surface area contributed by atoms with Crippen LogP contribution in [0.15, 0.2) is 0 Å². The summed E-state index contributed by atoms with van der Waals surface area (Å²) in [7, 11) is 0. The molecule has 1 aromatic heterocycles. The quantitative estimate of drug-likeness (QED) is 0.919. The summed E-state index contributed by atoms with van der Waals surface area (Å²) in [5.41, 5.74) is -0.827. The Morgan fingerprint density at radius 3 is 2.83 bits per heavy atom. The molecule has 3 rings (SSSR count). The number of nitrogens with zero attached hydrogens (tertiary/aromatic N) is 4. The zero-order valence-corrected chi connectivity index (χ0v) is 13.7. The number of nitriles is 1. The Morgan fingerprint density at radius 2 is 2.22 bits per heavy atom. The van der Waals surface area contributed by atoms with Gasteiger partial charge in [-0.05, 0) is 12.8 Å². The van der Waals surface area contributed by atoms with Crippen LogP contribution in [0, 0.1) is 16.7 Å². The maximum absolute atomic E-state index is 12.8. The largest absolute Gasteiger partial charge is 0.367 e. The van der Waals surface area contributed by atoms with E-state index >= 15 is 0 Å². The van der Waals surface area contributed by atoms with E-state index in [1.54, 1.807) is 4.90 Å². The molecule has 1 aliphatic heterocycles. The van der Waals surface area contributed by atoms with E-state index in [0.29, 0.717) is 38.4 Å². The number of aromatic nitrogens is 3. The highest BCUT2D eigenvalue weighted by Crippen LogP contribution is 2.39. The summed E-state index contributed by atoms with van der Waals surface area (Å²) < 4.78 is 5.76. The first-order valence-electron chi connectivity index (χ1n) is 8.30. The molecule has 124 valence electrons. The summed E-state index contributed by atoms with van der Waals surface area (Å²) in [6.45, 7) is 5.47. The second kappa shape index (κ2) is 6.28. The maximum Gasteiger partial charge on any atom is 0.243 e. The first-order valence-corrected chi connectivity index (χ1v) is 8.30. The van der Waals surface area contributed by atoms with Crippen molar-refractivity contribution in [2.75, 3.05) is 19.7 Å². The van der Waals surface area contributed by atoms with E-state index in [2.05, 4.69) is 21.3 Å². The van der Waals surface area contributed by atoms with Crippen LogP contribution in [0.3, 0.4) is 0 Å². The first-order chi connectivity index (χ1) is 11.1. The van der Waals surface area contributed by atoms with Gasteiger partial charge in [0.05, 0.1) is 19.2 Å². The molecule has 0 bridgehead atoms.